The highest BCUT2D eigenvalue weighted by Gasteiger charge is 2.09. The molecule has 0 aliphatic carbocycles. The summed E-state index contributed by atoms with van der Waals surface area (Å²) in [5.74, 6) is 2.14. The molecule has 5 aromatic rings. The molecular formula is C24H20N6O2. The van der Waals surface area contributed by atoms with Gasteiger partial charge in [0.1, 0.15) is 29.3 Å². The molecule has 0 saturated carbocycles. The summed E-state index contributed by atoms with van der Waals surface area (Å²) in [4.78, 5) is 25.7. The van der Waals surface area contributed by atoms with E-state index in [0.717, 1.165) is 51.4 Å². The number of nitrogens with one attached hydrogen (secondary N) is 1. The third-order valence-corrected chi connectivity index (χ3v) is 5.22. The summed E-state index contributed by atoms with van der Waals surface area (Å²) in [5.41, 5.74) is 4.22. The highest BCUT2D eigenvalue weighted by atomic mass is 16.5. The number of rotatable bonds is 6. The molecule has 0 saturated heterocycles. The molecule has 0 bridgehead atoms. The third-order valence-electron chi connectivity index (χ3n) is 5.22. The first-order valence-electron chi connectivity index (χ1n) is 10.0. The van der Waals surface area contributed by atoms with Gasteiger partial charge >= 0.3 is 0 Å². The molecule has 3 aromatic heterocycles. The summed E-state index contributed by atoms with van der Waals surface area (Å²) in [7, 11) is 1.71. The lowest BCUT2D eigenvalue weighted by Gasteiger charge is -2.14. The Hall–Kier alpha value is -4.46. The van der Waals surface area contributed by atoms with E-state index in [1.165, 1.54) is 11.2 Å². The Morgan fingerprint density at radius 1 is 1.03 bits per heavy atom. The van der Waals surface area contributed by atoms with Crippen molar-refractivity contribution in [3.8, 4) is 11.5 Å². The molecule has 5 rings (SSSR count). The number of pyridine rings is 1. The zero-order chi connectivity index (χ0) is 22.1. The Morgan fingerprint density at radius 3 is 2.78 bits per heavy atom. The van der Waals surface area contributed by atoms with Crippen LogP contribution in [0.15, 0.2) is 73.4 Å². The van der Waals surface area contributed by atoms with Crippen molar-refractivity contribution in [2.45, 2.75) is 6.92 Å². The largest absolute Gasteiger partial charge is 0.457 e. The zero-order valence-corrected chi connectivity index (χ0v) is 17.6. The molecule has 0 aliphatic heterocycles. The monoisotopic (exact) mass is 424 g/mol. The third kappa shape index (κ3) is 3.69. The van der Waals surface area contributed by atoms with Crippen LogP contribution in [0.5, 0.6) is 11.5 Å². The molecule has 0 unspecified atom stereocenters. The summed E-state index contributed by atoms with van der Waals surface area (Å²) >= 11 is 0. The Labute approximate surface area is 184 Å². The number of aryl methyl sites for hydroxylation is 1. The van der Waals surface area contributed by atoms with E-state index >= 15 is 0 Å². The predicted molar refractivity (Wildman–Crippen MR) is 124 cm³/mol. The van der Waals surface area contributed by atoms with E-state index in [-0.39, 0.29) is 0 Å². The first-order valence-corrected chi connectivity index (χ1v) is 10.0. The van der Waals surface area contributed by atoms with Crippen LogP contribution in [0.3, 0.4) is 0 Å². The molecule has 0 radical (unpaired) electrons. The maximum Gasteiger partial charge on any atom is 0.213 e. The van der Waals surface area contributed by atoms with Gasteiger partial charge in [-0.2, -0.15) is 0 Å². The van der Waals surface area contributed by atoms with E-state index in [1.807, 2.05) is 72.2 Å². The number of carbonyl (C=O) groups is 1. The van der Waals surface area contributed by atoms with Crippen molar-refractivity contribution < 1.29 is 9.53 Å². The standard InChI is InChI=1S/C24H20N6O2/c1-16-11-17(3-6-22(16)32-19-7-9-30-10-8-25-23(30)13-19)28-24-20-12-18(29(2)15-31)4-5-21(20)26-14-27-24/h3-15H,1-2H3,(H,26,27,28). The van der Waals surface area contributed by atoms with Crippen LogP contribution < -0.4 is 15.0 Å². The molecule has 0 spiro atoms. The van der Waals surface area contributed by atoms with Crippen LogP contribution in [0.4, 0.5) is 17.2 Å². The van der Waals surface area contributed by atoms with Crippen LogP contribution in [0.25, 0.3) is 16.6 Å². The maximum atomic E-state index is 11.1. The quantitative estimate of drug-likeness (QED) is 0.397. The van der Waals surface area contributed by atoms with Gasteiger partial charge in [-0.3, -0.25) is 4.79 Å². The minimum Gasteiger partial charge on any atom is -0.457 e. The van der Waals surface area contributed by atoms with E-state index < -0.39 is 0 Å². The van der Waals surface area contributed by atoms with Gasteiger partial charge in [-0.1, -0.05) is 0 Å². The topological polar surface area (TPSA) is 84.7 Å². The second-order valence-corrected chi connectivity index (χ2v) is 7.40. The second-order valence-electron chi connectivity index (χ2n) is 7.40. The van der Waals surface area contributed by atoms with Crippen LogP contribution >= 0.6 is 0 Å². The lowest BCUT2D eigenvalue weighted by molar-refractivity contribution is -0.107. The van der Waals surface area contributed by atoms with Crippen molar-refractivity contribution in [2.75, 3.05) is 17.3 Å². The predicted octanol–water partition coefficient (Wildman–Crippen LogP) is 4.71. The van der Waals surface area contributed by atoms with E-state index in [0.29, 0.717) is 5.82 Å². The Kier molecular flexibility index (Phi) is 4.87. The zero-order valence-electron chi connectivity index (χ0n) is 17.6. The molecule has 3 heterocycles. The lowest BCUT2D eigenvalue weighted by atomic mass is 10.1. The van der Waals surface area contributed by atoms with Crippen LogP contribution in [0.2, 0.25) is 0 Å². The molecule has 2 aromatic carbocycles. The van der Waals surface area contributed by atoms with Gasteiger partial charge in [0, 0.05) is 48.5 Å². The second kappa shape index (κ2) is 7.99. The van der Waals surface area contributed by atoms with Crippen molar-refractivity contribution in [1.29, 1.82) is 0 Å². The summed E-state index contributed by atoms with van der Waals surface area (Å²) in [5, 5.41) is 4.18. The number of amides is 1. The summed E-state index contributed by atoms with van der Waals surface area (Å²) in [6.45, 7) is 1.99. The minimum atomic E-state index is 0.661. The lowest BCUT2D eigenvalue weighted by Crippen LogP contribution is -2.13. The molecule has 32 heavy (non-hydrogen) atoms. The maximum absolute atomic E-state index is 11.1. The van der Waals surface area contributed by atoms with Gasteiger partial charge in [0.15, 0.2) is 0 Å². The Balaban J connectivity index is 1.41. The fourth-order valence-corrected chi connectivity index (χ4v) is 3.48. The van der Waals surface area contributed by atoms with Crippen molar-refractivity contribution in [3.05, 3.63) is 79.0 Å². The van der Waals surface area contributed by atoms with Crippen LogP contribution in [-0.4, -0.2) is 32.8 Å². The summed E-state index contributed by atoms with van der Waals surface area (Å²) < 4.78 is 8.00. The number of fused-ring (bicyclic) bond motifs is 2. The molecule has 158 valence electrons. The van der Waals surface area contributed by atoms with E-state index in [1.54, 1.807) is 13.2 Å². The number of hydrogen-bond acceptors (Lipinski definition) is 6. The highest BCUT2D eigenvalue weighted by Crippen LogP contribution is 2.31. The number of hydrogen-bond donors (Lipinski definition) is 1. The number of aromatic nitrogens is 4. The number of ether oxygens (including phenoxy) is 1. The van der Waals surface area contributed by atoms with Gasteiger partial charge in [0.25, 0.3) is 0 Å². The minimum absolute atomic E-state index is 0.661. The van der Waals surface area contributed by atoms with Crippen molar-refractivity contribution in [1.82, 2.24) is 19.4 Å². The van der Waals surface area contributed by atoms with E-state index in [4.69, 9.17) is 4.74 Å². The fraction of sp³-hybridized carbons (Fsp3) is 0.0833. The molecule has 1 amide bonds. The van der Waals surface area contributed by atoms with Gasteiger partial charge in [-0.05, 0) is 55.0 Å². The van der Waals surface area contributed by atoms with E-state index in [2.05, 4.69) is 20.3 Å². The first kappa shape index (κ1) is 19.5. The van der Waals surface area contributed by atoms with Crippen molar-refractivity contribution in [2.24, 2.45) is 0 Å². The molecule has 8 heteroatoms. The SMILES string of the molecule is Cc1cc(Nc2ncnc3ccc(N(C)C=O)cc23)ccc1Oc1ccn2ccnc2c1. The highest BCUT2D eigenvalue weighted by molar-refractivity contribution is 5.94. The first-order chi connectivity index (χ1) is 15.6. The number of anilines is 3. The smallest absolute Gasteiger partial charge is 0.213 e. The van der Waals surface area contributed by atoms with Gasteiger partial charge in [0.05, 0.1) is 5.52 Å². The Bertz CT molecular complexity index is 1450. The normalized spacial score (nSPS) is 10.9. The van der Waals surface area contributed by atoms with Crippen molar-refractivity contribution >= 4 is 40.2 Å². The van der Waals surface area contributed by atoms with Crippen LogP contribution in [0.1, 0.15) is 5.56 Å². The average molecular weight is 424 g/mol. The van der Waals surface area contributed by atoms with Gasteiger partial charge in [0.2, 0.25) is 6.41 Å². The van der Waals surface area contributed by atoms with Crippen LogP contribution in [0, 0.1) is 6.92 Å². The molecule has 0 aliphatic rings. The van der Waals surface area contributed by atoms with Gasteiger partial charge < -0.3 is 19.4 Å². The Morgan fingerprint density at radius 2 is 1.94 bits per heavy atom. The number of nitrogens with zero attached hydrogens (tertiary/aromatic N) is 5. The van der Waals surface area contributed by atoms with Crippen molar-refractivity contribution in [3.63, 3.8) is 0 Å². The summed E-state index contributed by atoms with van der Waals surface area (Å²) in [6, 6.07) is 15.3. The van der Waals surface area contributed by atoms with E-state index in [9.17, 15) is 4.79 Å². The molecule has 1 N–H and O–H groups in total. The van der Waals surface area contributed by atoms with Gasteiger partial charge in [-0.25, -0.2) is 15.0 Å². The molecule has 0 atom stereocenters. The fourth-order valence-electron chi connectivity index (χ4n) is 3.48. The number of benzene rings is 2. The number of carbonyl (C=O) groups excluding carboxylic acids is 1. The van der Waals surface area contributed by atoms with Gasteiger partial charge in [-0.15, -0.1) is 0 Å². The summed E-state index contributed by atoms with van der Waals surface area (Å²) in [6.07, 6.45) is 7.84. The average Bonchev–Trinajstić information content (AvgIpc) is 3.28. The van der Waals surface area contributed by atoms with Crippen LogP contribution in [-0.2, 0) is 4.79 Å². The molecule has 8 nitrogen and oxygen atoms in total. The number of imidazole rings is 1. The molecular weight excluding hydrogens is 404 g/mol. The molecule has 0 fully saturated rings.